The van der Waals surface area contributed by atoms with Gasteiger partial charge in [-0.25, -0.2) is 0 Å². The summed E-state index contributed by atoms with van der Waals surface area (Å²) in [7, 11) is 0. The summed E-state index contributed by atoms with van der Waals surface area (Å²) in [4.78, 5) is 10.5. The van der Waals surface area contributed by atoms with E-state index < -0.39 is 11.4 Å². The fraction of sp³-hybridized carbons (Fsp3) is 0.625. The molecule has 0 atom stereocenters. The lowest BCUT2D eigenvalue weighted by Gasteiger charge is -2.17. The maximum absolute atomic E-state index is 10.5. The van der Waals surface area contributed by atoms with Crippen LogP contribution in [0, 0.1) is 17.8 Å². The first-order valence-corrected chi connectivity index (χ1v) is 3.25. The Balaban J connectivity index is 3.75. The monoisotopic (exact) mass is 156 g/mol. The highest BCUT2D eigenvalue weighted by atomic mass is 16.5. The van der Waals surface area contributed by atoms with Gasteiger partial charge in [-0.2, -0.15) is 0 Å². The molecule has 0 aromatic heterocycles. The van der Waals surface area contributed by atoms with Crippen molar-refractivity contribution in [3.8, 4) is 12.3 Å². The minimum Gasteiger partial charge on any atom is -0.481 e. The zero-order valence-corrected chi connectivity index (χ0v) is 6.76. The van der Waals surface area contributed by atoms with Crippen LogP contribution in [0.25, 0.3) is 0 Å². The molecule has 0 fully saturated rings. The van der Waals surface area contributed by atoms with Gasteiger partial charge in [-0.15, -0.1) is 6.42 Å². The Morgan fingerprint density at radius 1 is 1.73 bits per heavy atom. The summed E-state index contributed by atoms with van der Waals surface area (Å²) in [6.07, 6.45) is 4.91. The summed E-state index contributed by atoms with van der Waals surface area (Å²) in [5.41, 5.74) is -0.850. The first-order chi connectivity index (χ1) is 5.00. The summed E-state index contributed by atoms with van der Waals surface area (Å²) in [5.74, 6) is 1.38. The Bertz CT molecular complexity index is 176. The molecule has 0 heterocycles. The topological polar surface area (TPSA) is 46.5 Å². The highest BCUT2D eigenvalue weighted by molar-refractivity contribution is 5.73. The number of ether oxygens (including phenoxy) is 1. The molecule has 11 heavy (non-hydrogen) atoms. The van der Waals surface area contributed by atoms with Crippen LogP contribution in [-0.4, -0.2) is 24.3 Å². The van der Waals surface area contributed by atoms with Crippen molar-refractivity contribution in [2.24, 2.45) is 5.41 Å². The zero-order chi connectivity index (χ0) is 8.91. The molecule has 0 unspecified atom stereocenters. The van der Waals surface area contributed by atoms with Gasteiger partial charge >= 0.3 is 5.97 Å². The molecule has 1 N–H and O–H groups in total. The smallest absolute Gasteiger partial charge is 0.311 e. The molecule has 0 saturated carbocycles. The van der Waals surface area contributed by atoms with Gasteiger partial charge in [0.15, 0.2) is 0 Å². The van der Waals surface area contributed by atoms with Gasteiger partial charge in [0.2, 0.25) is 0 Å². The Morgan fingerprint density at radius 2 is 2.27 bits per heavy atom. The lowest BCUT2D eigenvalue weighted by Crippen LogP contribution is -2.29. The molecule has 0 bridgehead atoms. The first kappa shape index (κ1) is 9.99. The fourth-order valence-electron chi connectivity index (χ4n) is 0.427. The second-order valence-corrected chi connectivity index (χ2v) is 2.89. The van der Waals surface area contributed by atoms with Crippen molar-refractivity contribution in [2.45, 2.75) is 13.8 Å². The molecular formula is C8H12O3. The van der Waals surface area contributed by atoms with E-state index >= 15 is 0 Å². The Labute approximate surface area is 66.4 Å². The normalized spacial score (nSPS) is 10.6. The highest BCUT2D eigenvalue weighted by Crippen LogP contribution is 2.14. The number of carbonyl (C=O) groups is 1. The fourth-order valence-corrected chi connectivity index (χ4v) is 0.427. The van der Waals surface area contributed by atoms with Crippen molar-refractivity contribution < 1.29 is 14.6 Å². The third-order valence-corrected chi connectivity index (χ3v) is 1.23. The molecule has 0 aromatic rings. The van der Waals surface area contributed by atoms with E-state index in [1.54, 1.807) is 13.8 Å². The van der Waals surface area contributed by atoms with Crippen molar-refractivity contribution in [1.82, 2.24) is 0 Å². The molecule has 0 saturated heterocycles. The predicted molar refractivity (Wildman–Crippen MR) is 41.1 cm³/mol. The summed E-state index contributed by atoms with van der Waals surface area (Å²) < 4.78 is 4.89. The lowest BCUT2D eigenvalue weighted by molar-refractivity contribution is -0.150. The van der Waals surface area contributed by atoms with Crippen LogP contribution in [-0.2, 0) is 9.53 Å². The number of rotatable bonds is 4. The van der Waals surface area contributed by atoms with Crippen molar-refractivity contribution in [3.05, 3.63) is 0 Å². The van der Waals surface area contributed by atoms with Crippen LogP contribution in [0.4, 0.5) is 0 Å². The quantitative estimate of drug-likeness (QED) is 0.482. The van der Waals surface area contributed by atoms with E-state index in [0.29, 0.717) is 0 Å². The maximum atomic E-state index is 10.5. The van der Waals surface area contributed by atoms with Gasteiger partial charge in [0.05, 0.1) is 12.0 Å². The van der Waals surface area contributed by atoms with E-state index in [1.165, 1.54) is 0 Å². The molecule has 0 aliphatic heterocycles. The zero-order valence-electron chi connectivity index (χ0n) is 6.76. The molecule has 0 rings (SSSR count). The number of carboxylic acid groups (broad SMARTS) is 1. The molecule has 3 nitrogen and oxygen atoms in total. The average Bonchev–Trinajstić information content (AvgIpc) is 1.88. The summed E-state index contributed by atoms with van der Waals surface area (Å²) in [5, 5.41) is 8.61. The predicted octanol–water partition coefficient (Wildman–Crippen LogP) is 0.747. The molecule has 0 aliphatic carbocycles. The lowest BCUT2D eigenvalue weighted by atomic mass is 9.95. The number of terminal acetylenes is 1. The van der Waals surface area contributed by atoms with Gasteiger partial charge in [-0.3, -0.25) is 4.79 Å². The van der Waals surface area contributed by atoms with E-state index in [2.05, 4.69) is 5.92 Å². The maximum Gasteiger partial charge on any atom is 0.311 e. The van der Waals surface area contributed by atoms with Crippen LogP contribution in [0.15, 0.2) is 0 Å². The number of hydrogen-bond acceptors (Lipinski definition) is 2. The van der Waals surface area contributed by atoms with E-state index in [1.807, 2.05) is 0 Å². The van der Waals surface area contributed by atoms with E-state index in [-0.39, 0.29) is 13.2 Å². The minimum atomic E-state index is -0.880. The van der Waals surface area contributed by atoms with Crippen molar-refractivity contribution in [1.29, 1.82) is 0 Å². The van der Waals surface area contributed by atoms with Crippen LogP contribution in [0.2, 0.25) is 0 Å². The van der Waals surface area contributed by atoms with Crippen LogP contribution < -0.4 is 0 Å². The molecule has 0 spiro atoms. The van der Waals surface area contributed by atoms with Crippen LogP contribution in [0.1, 0.15) is 13.8 Å². The molecule has 3 heteroatoms. The van der Waals surface area contributed by atoms with Crippen molar-refractivity contribution in [2.75, 3.05) is 13.2 Å². The summed E-state index contributed by atoms with van der Waals surface area (Å²) >= 11 is 0. The molecule has 0 amide bonds. The van der Waals surface area contributed by atoms with E-state index in [4.69, 9.17) is 16.3 Å². The van der Waals surface area contributed by atoms with E-state index in [0.717, 1.165) is 0 Å². The molecule has 62 valence electrons. The van der Waals surface area contributed by atoms with Crippen LogP contribution in [0.5, 0.6) is 0 Å². The Morgan fingerprint density at radius 3 is 2.64 bits per heavy atom. The average molecular weight is 156 g/mol. The number of aliphatic carboxylic acids is 1. The number of carboxylic acids is 1. The van der Waals surface area contributed by atoms with Gasteiger partial charge in [-0.1, -0.05) is 5.92 Å². The molecule has 0 aliphatic rings. The van der Waals surface area contributed by atoms with Crippen molar-refractivity contribution in [3.63, 3.8) is 0 Å². The minimum absolute atomic E-state index is 0.145. The van der Waals surface area contributed by atoms with Gasteiger partial charge in [0, 0.05) is 0 Å². The van der Waals surface area contributed by atoms with Gasteiger partial charge in [-0.05, 0) is 13.8 Å². The highest BCUT2D eigenvalue weighted by Gasteiger charge is 2.26. The second-order valence-electron chi connectivity index (χ2n) is 2.89. The SMILES string of the molecule is C#CCOCC(C)(C)C(=O)O. The van der Waals surface area contributed by atoms with Crippen LogP contribution in [0.3, 0.4) is 0 Å². The molecule has 0 radical (unpaired) electrons. The molecule has 0 aromatic carbocycles. The van der Waals surface area contributed by atoms with Gasteiger partial charge in [0.25, 0.3) is 0 Å². The Kier molecular flexibility index (Phi) is 3.63. The van der Waals surface area contributed by atoms with E-state index in [9.17, 15) is 4.79 Å². The van der Waals surface area contributed by atoms with Gasteiger partial charge in [0.1, 0.15) is 6.61 Å². The Hall–Kier alpha value is -1.01. The second kappa shape index (κ2) is 3.99. The standard InChI is InChI=1S/C8H12O3/c1-4-5-11-6-8(2,3)7(9)10/h1H,5-6H2,2-3H3,(H,9,10). The van der Waals surface area contributed by atoms with Crippen LogP contribution >= 0.6 is 0 Å². The first-order valence-electron chi connectivity index (χ1n) is 3.25. The largest absolute Gasteiger partial charge is 0.481 e. The summed E-state index contributed by atoms with van der Waals surface area (Å²) in [6.45, 7) is 3.49. The van der Waals surface area contributed by atoms with Gasteiger partial charge < -0.3 is 9.84 Å². The number of hydrogen-bond donors (Lipinski definition) is 1. The molecular weight excluding hydrogens is 144 g/mol. The third kappa shape index (κ3) is 3.64. The third-order valence-electron chi connectivity index (χ3n) is 1.23. The van der Waals surface area contributed by atoms with Crippen molar-refractivity contribution >= 4 is 5.97 Å². The summed E-state index contributed by atoms with van der Waals surface area (Å²) in [6, 6.07) is 0.